The standard InChI is InChI=1S/C13H16N2O2/c1-3-10(2)13(16)15-11-4-6-12(7-5-11)17-9-8-14/h4-7,10H,3,9H2,1-2H3,(H,15,16). The third-order valence-electron chi connectivity index (χ3n) is 2.49. The molecule has 1 aromatic carbocycles. The molecule has 1 N–H and O–H groups in total. The van der Waals surface area contributed by atoms with Gasteiger partial charge in [-0.2, -0.15) is 5.26 Å². The Kier molecular flexibility index (Phi) is 5.02. The van der Waals surface area contributed by atoms with Crippen LogP contribution in [0.4, 0.5) is 5.69 Å². The number of rotatable bonds is 5. The highest BCUT2D eigenvalue weighted by Gasteiger charge is 2.10. The minimum Gasteiger partial charge on any atom is -0.479 e. The monoisotopic (exact) mass is 232 g/mol. The van der Waals surface area contributed by atoms with Crippen molar-refractivity contribution in [2.75, 3.05) is 11.9 Å². The van der Waals surface area contributed by atoms with Gasteiger partial charge in [-0.3, -0.25) is 4.79 Å². The summed E-state index contributed by atoms with van der Waals surface area (Å²) in [7, 11) is 0. The van der Waals surface area contributed by atoms with Crippen LogP contribution in [0, 0.1) is 17.2 Å². The Labute approximate surface area is 101 Å². The van der Waals surface area contributed by atoms with Crippen LogP contribution in [-0.4, -0.2) is 12.5 Å². The van der Waals surface area contributed by atoms with Gasteiger partial charge in [0, 0.05) is 11.6 Å². The molecule has 90 valence electrons. The molecule has 4 heteroatoms. The van der Waals surface area contributed by atoms with E-state index in [2.05, 4.69) is 5.32 Å². The summed E-state index contributed by atoms with van der Waals surface area (Å²) < 4.78 is 5.11. The molecule has 0 aliphatic heterocycles. The van der Waals surface area contributed by atoms with Gasteiger partial charge in [0.15, 0.2) is 6.61 Å². The fraction of sp³-hybridized carbons (Fsp3) is 0.385. The molecule has 4 nitrogen and oxygen atoms in total. The number of hydrogen-bond donors (Lipinski definition) is 1. The summed E-state index contributed by atoms with van der Waals surface area (Å²) in [4.78, 5) is 11.6. The molecule has 1 amide bonds. The molecule has 0 heterocycles. The van der Waals surface area contributed by atoms with Crippen LogP contribution >= 0.6 is 0 Å². The highest BCUT2D eigenvalue weighted by Crippen LogP contribution is 2.16. The van der Waals surface area contributed by atoms with E-state index in [1.165, 1.54) is 0 Å². The maximum absolute atomic E-state index is 11.6. The van der Waals surface area contributed by atoms with Crippen molar-refractivity contribution in [2.24, 2.45) is 5.92 Å². The minimum absolute atomic E-state index is 0.00418. The van der Waals surface area contributed by atoms with Gasteiger partial charge in [-0.15, -0.1) is 0 Å². The van der Waals surface area contributed by atoms with E-state index in [9.17, 15) is 4.79 Å². The lowest BCUT2D eigenvalue weighted by Crippen LogP contribution is -2.19. The zero-order chi connectivity index (χ0) is 12.7. The summed E-state index contributed by atoms with van der Waals surface area (Å²) in [6, 6.07) is 8.86. The van der Waals surface area contributed by atoms with Crippen LogP contribution in [0.1, 0.15) is 20.3 Å². The molecule has 0 aromatic heterocycles. The summed E-state index contributed by atoms with van der Waals surface area (Å²) in [5.41, 5.74) is 0.736. The molecular weight excluding hydrogens is 216 g/mol. The van der Waals surface area contributed by atoms with Gasteiger partial charge < -0.3 is 10.1 Å². The maximum atomic E-state index is 11.6. The molecule has 0 saturated heterocycles. The first-order valence-corrected chi connectivity index (χ1v) is 5.58. The second kappa shape index (κ2) is 6.54. The molecule has 0 bridgehead atoms. The predicted molar refractivity (Wildman–Crippen MR) is 65.6 cm³/mol. The van der Waals surface area contributed by atoms with Crippen LogP contribution < -0.4 is 10.1 Å². The molecule has 1 unspecified atom stereocenters. The summed E-state index contributed by atoms with van der Waals surface area (Å²) in [6.07, 6.45) is 0.815. The van der Waals surface area contributed by atoms with E-state index in [0.29, 0.717) is 5.75 Å². The van der Waals surface area contributed by atoms with E-state index in [-0.39, 0.29) is 18.4 Å². The van der Waals surface area contributed by atoms with Crippen LogP contribution in [-0.2, 0) is 4.79 Å². The summed E-state index contributed by atoms with van der Waals surface area (Å²) in [5, 5.41) is 11.2. The normalized spacial score (nSPS) is 11.4. The molecule has 0 fully saturated rings. The minimum atomic E-state index is 0.00418. The SMILES string of the molecule is CCC(C)C(=O)Nc1ccc(OCC#N)cc1. The Morgan fingerprint density at radius 2 is 2.12 bits per heavy atom. The van der Waals surface area contributed by atoms with Crippen molar-refractivity contribution >= 4 is 11.6 Å². The number of nitrogens with zero attached hydrogens (tertiary/aromatic N) is 1. The number of anilines is 1. The third-order valence-corrected chi connectivity index (χ3v) is 2.49. The first-order valence-electron chi connectivity index (χ1n) is 5.58. The van der Waals surface area contributed by atoms with E-state index in [4.69, 9.17) is 10.00 Å². The van der Waals surface area contributed by atoms with E-state index in [0.717, 1.165) is 12.1 Å². The molecular formula is C13H16N2O2. The van der Waals surface area contributed by atoms with Crippen molar-refractivity contribution in [3.05, 3.63) is 24.3 Å². The van der Waals surface area contributed by atoms with Gasteiger partial charge in [0.25, 0.3) is 0 Å². The Morgan fingerprint density at radius 3 is 2.65 bits per heavy atom. The van der Waals surface area contributed by atoms with Crippen LogP contribution in [0.3, 0.4) is 0 Å². The van der Waals surface area contributed by atoms with Gasteiger partial charge in [-0.25, -0.2) is 0 Å². The molecule has 0 aliphatic carbocycles. The van der Waals surface area contributed by atoms with E-state index >= 15 is 0 Å². The summed E-state index contributed by atoms with van der Waals surface area (Å²) >= 11 is 0. The topological polar surface area (TPSA) is 62.1 Å². The van der Waals surface area contributed by atoms with E-state index in [1.807, 2.05) is 19.9 Å². The number of ether oxygens (including phenoxy) is 1. The van der Waals surface area contributed by atoms with Crippen molar-refractivity contribution < 1.29 is 9.53 Å². The Bertz CT molecular complexity index is 406. The molecule has 0 aliphatic rings. The first-order chi connectivity index (χ1) is 8.17. The van der Waals surface area contributed by atoms with E-state index in [1.54, 1.807) is 24.3 Å². The van der Waals surface area contributed by atoms with Gasteiger partial charge in [0.05, 0.1) is 0 Å². The number of carbonyl (C=O) groups is 1. The highest BCUT2D eigenvalue weighted by molar-refractivity contribution is 5.92. The van der Waals surface area contributed by atoms with E-state index < -0.39 is 0 Å². The Hall–Kier alpha value is -2.02. The largest absolute Gasteiger partial charge is 0.479 e. The second-order valence-corrected chi connectivity index (χ2v) is 3.77. The molecule has 0 spiro atoms. The number of nitrogens with one attached hydrogen (secondary N) is 1. The van der Waals surface area contributed by atoms with Crippen molar-refractivity contribution in [1.29, 1.82) is 5.26 Å². The Balaban J connectivity index is 2.57. The maximum Gasteiger partial charge on any atom is 0.227 e. The number of amides is 1. The number of nitriles is 1. The van der Waals surface area contributed by atoms with Crippen LogP contribution in [0.25, 0.3) is 0 Å². The molecule has 17 heavy (non-hydrogen) atoms. The summed E-state index contributed by atoms with van der Waals surface area (Å²) in [5.74, 6) is 0.635. The lowest BCUT2D eigenvalue weighted by atomic mass is 10.1. The fourth-order valence-corrected chi connectivity index (χ4v) is 1.20. The van der Waals surface area contributed by atoms with Gasteiger partial charge >= 0.3 is 0 Å². The van der Waals surface area contributed by atoms with Gasteiger partial charge in [-0.1, -0.05) is 13.8 Å². The number of carbonyl (C=O) groups excluding carboxylic acids is 1. The highest BCUT2D eigenvalue weighted by atomic mass is 16.5. The van der Waals surface area contributed by atoms with Crippen LogP contribution in [0.15, 0.2) is 24.3 Å². The lowest BCUT2D eigenvalue weighted by Gasteiger charge is -2.10. The number of hydrogen-bond acceptors (Lipinski definition) is 3. The average molecular weight is 232 g/mol. The summed E-state index contributed by atoms with van der Waals surface area (Å²) in [6.45, 7) is 3.89. The average Bonchev–Trinajstić information content (AvgIpc) is 2.37. The number of benzene rings is 1. The quantitative estimate of drug-likeness (QED) is 0.848. The van der Waals surface area contributed by atoms with Gasteiger partial charge in [0.2, 0.25) is 5.91 Å². The molecule has 1 rings (SSSR count). The lowest BCUT2D eigenvalue weighted by molar-refractivity contribution is -0.119. The van der Waals surface area contributed by atoms with Crippen molar-refractivity contribution in [1.82, 2.24) is 0 Å². The van der Waals surface area contributed by atoms with Gasteiger partial charge in [-0.05, 0) is 30.7 Å². The molecule has 1 atom stereocenters. The smallest absolute Gasteiger partial charge is 0.227 e. The Morgan fingerprint density at radius 1 is 1.47 bits per heavy atom. The van der Waals surface area contributed by atoms with Crippen LogP contribution in [0.5, 0.6) is 5.75 Å². The zero-order valence-corrected chi connectivity index (χ0v) is 10.1. The zero-order valence-electron chi connectivity index (χ0n) is 10.1. The predicted octanol–water partition coefficient (Wildman–Crippen LogP) is 2.57. The van der Waals surface area contributed by atoms with Crippen molar-refractivity contribution in [2.45, 2.75) is 20.3 Å². The fourth-order valence-electron chi connectivity index (χ4n) is 1.20. The van der Waals surface area contributed by atoms with Crippen molar-refractivity contribution in [3.8, 4) is 11.8 Å². The second-order valence-electron chi connectivity index (χ2n) is 3.77. The third kappa shape index (κ3) is 4.15. The molecule has 0 radical (unpaired) electrons. The van der Waals surface area contributed by atoms with Gasteiger partial charge in [0.1, 0.15) is 11.8 Å². The molecule has 1 aromatic rings. The van der Waals surface area contributed by atoms with Crippen molar-refractivity contribution in [3.63, 3.8) is 0 Å². The molecule has 0 saturated carbocycles. The van der Waals surface area contributed by atoms with Crippen LogP contribution in [0.2, 0.25) is 0 Å². The first kappa shape index (κ1) is 13.0.